The van der Waals surface area contributed by atoms with Crippen LogP contribution in [0.2, 0.25) is 0 Å². The second-order valence-corrected chi connectivity index (χ2v) is 5.99. The summed E-state index contributed by atoms with van der Waals surface area (Å²) in [5.74, 6) is 4.47. The fourth-order valence-corrected chi connectivity index (χ4v) is 3.84. The molecule has 3 unspecified atom stereocenters. The van der Waals surface area contributed by atoms with Gasteiger partial charge in [-0.1, -0.05) is 39.5 Å². The summed E-state index contributed by atoms with van der Waals surface area (Å²) >= 11 is 2.08. The van der Waals surface area contributed by atoms with E-state index in [0.717, 1.165) is 17.9 Å². The van der Waals surface area contributed by atoms with E-state index in [2.05, 4.69) is 38.0 Å². The van der Waals surface area contributed by atoms with Gasteiger partial charge in [0.15, 0.2) is 0 Å². The van der Waals surface area contributed by atoms with Gasteiger partial charge in [0.25, 0.3) is 0 Å². The summed E-state index contributed by atoms with van der Waals surface area (Å²) in [7, 11) is 2.14. The Hall–Kier alpha value is 0.310. The standard InChI is InChI=1S/C13H27NS/c1-4-11-8-6-7-9-12(11)13(14-3)10-15-5-2/h11-14H,4-10H2,1-3H3. The molecule has 0 aliphatic heterocycles. The van der Waals surface area contributed by atoms with Gasteiger partial charge in [-0.3, -0.25) is 0 Å². The maximum atomic E-state index is 3.55. The molecule has 0 radical (unpaired) electrons. The van der Waals surface area contributed by atoms with Crippen molar-refractivity contribution in [3.63, 3.8) is 0 Å². The number of hydrogen-bond donors (Lipinski definition) is 1. The lowest BCUT2D eigenvalue weighted by Gasteiger charge is -2.36. The zero-order chi connectivity index (χ0) is 11.1. The van der Waals surface area contributed by atoms with Crippen molar-refractivity contribution in [2.24, 2.45) is 11.8 Å². The molecule has 90 valence electrons. The lowest BCUT2D eigenvalue weighted by atomic mass is 9.74. The lowest BCUT2D eigenvalue weighted by molar-refractivity contribution is 0.190. The predicted octanol–water partition coefficient (Wildman–Crippen LogP) is 3.54. The maximum absolute atomic E-state index is 3.55. The average Bonchev–Trinajstić information content (AvgIpc) is 2.30. The van der Waals surface area contributed by atoms with E-state index in [1.807, 2.05) is 0 Å². The summed E-state index contributed by atoms with van der Waals surface area (Å²) in [4.78, 5) is 0. The fourth-order valence-electron chi connectivity index (χ4n) is 2.94. The highest BCUT2D eigenvalue weighted by Gasteiger charge is 2.29. The van der Waals surface area contributed by atoms with Crippen LogP contribution >= 0.6 is 11.8 Å². The van der Waals surface area contributed by atoms with E-state index >= 15 is 0 Å². The first kappa shape index (κ1) is 13.4. The summed E-state index contributed by atoms with van der Waals surface area (Å²) in [6, 6.07) is 0.750. The predicted molar refractivity (Wildman–Crippen MR) is 71.6 cm³/mol. The molecule has 0 spiro atoms. The van der Waals surface area contributed by atoms with Crippen LogP contribution in [0.15, 0.2) is 0 Å². The highest BCUT2D eigenvalue weighted by Crippen LogP contribution is 2.35. The van der Waals surface area contributed by atoms with Crippen LogP contribution in [-0.4, -0.2) is 24.6 Å². The highest BCUT2D eigenvalue weighted by atomic mass is 32.2. The van der Waals surface area contributed by atoms with Crippen molar-refractivity contribution in [3.8, 4) is 0 Å². The van der Waals surface area contributed by atoms with E-state index in [4.69, 9.17) is 0 Å². The first-order chi connectivity index (χ1) is 7.33. The van der Waals surface area contributed by atoms with Crippen LogP contribution in [0.1, 0.15) is 46.0 Å². The zero-order valence-corrected chi connectivity index (χ0v) is 11.4. The van der Waals surface area contributed by atoms with Crippen molar-refractivity contribution in [2.45, 2.75) is 52.0 Å². The third-order valence-electron chi connectivity index (χ3n) is 3.88. The van der Waals surface area contributed by atoms with Crippen molar-refractivity contribution in [2.75, 3.05) is 18.6 Å². The molecule has 1 N–H and O–H groups in total. The molecule has 0 saturated heterocycles. The van der Waals surface area contributed by atoms with E-state index in [1.165, 1.54) is 43.6 Å². The summed E-state index contributed by atoms with van der Waals surface area (Å²) in [6.45, 7) is 4.62. The molecule has 15 heavy (non-hydrogen) atoms. The molecule has 0 bridgehead atoms. The SMILES string of the molecule is CCSCC(NC)C1CCCCC1CC. The van der Waals surface area contributed by atoms with Crippen molar-refractivity contribution in [1.82, 2.24) is 5.32 Å². The van der Waals surface area contributed by atoms with Gasteiger partial charge in [-0.25, -0.2) is 0 Å². The number of nitrogens with one attached hydrogen (secondary N) is 1. The topological polar surface area (TPSA) is 12.0 Å². The van der Waals surface area contributed by atoms with Crippen LogP contribution in [0.25, 0.3) is 0 Å². The molecular formula is C13H27NS. The van der Waals surface area contributed by atoms with Crippen LogP contribution < -0.4 is 5.32 Å². The van der Waals surface area contributed by atoms with Crippen LogP contribution in [0.5, 0.6) is 0 Å². The molecule has 1 saturated carbocycles. The van der Waals surface area contributed by atoms with Gasteiger partial charge in [-0.15, -0.1) is 0 Å². The van der Waals surface area contributed by atoms with E-state index in [1.54, 1.807) is 0 Å². The quantitative estimate of drug-likeness (QED) is 0.747. The van der Waals surface area contributed by atoms with Gasteiger partial charge in [0.05, 0.1) is 0 Å². The van der Waals surface area contributed by atoms with Crippen molar-refractivity contribution in [1.29, 1.82) is 0 Å². The van der Waals surface area contributed by atoms with Gasteiger partial charge in [0.2, 0.25) is 0 Å². The van der Waals surface area contributed by atoms with Gasteiger partial charge in [-0.2, -0.15) is 11.8 Å². The van der Waals surface area contributed by atoms with Gasteiger partial charge in [-0.05, 0) is 31.1 Å². The molecule has 0 aromatic carbocycles. The molecular weight excluding hydrogens is 202 g/mol. The van der Waals surface area contributed by atoms with E-state index in [0.29, 0.717) is 0 Å². The number of rotatable bonds is 6. The second kappa shape index (κ2) is 7.56. The van der Waals surface area contributed by atoms with E-state index < -0.39 is 0 Å². The van der Waals surface area contributed by atoms with Gasteiger partial charge < -0.3 is 5.32 Å². The van der Waals surface area contributed by atoms with Crippen LogP contribution in [0.3, 0.4) is 0 Å². The molecule has 0 aromatic heterocycles. The average molecular weight is 229 g/mol. The first-order valence-electron chi connectivity index (χ1n) is 6.58. The van der Waals surface area contributed by atoms with Crippen LogP contribution in [-0.2, 0) is 0 Å². The minimum Gasteiger partial charge on any atom is -0.316 e. The van der Waals surface area contributed by atoms with Crippen LogP contribution in [0.4, 0.5) is 0 Å². The molecule has 1 nitrogen and oxygen atoms in total. The fraction of sp³-hybridized carbons (Fsp3) is 1.00. The number of thioether (sulfide) groups is 1. The van der Waals surface area contributed by atoms with E-state index in [9.17, 15) is 0 Å². The molecule has 1 aliphatic carbocycles. The maximum Gasteiger partial charge on any atom is 0.0186 e. The molecule has 1 rings (SSSR count). The van der Waals surface area contributed by atoms with Gasteiger partial charge in [0, 0.05) is 11.8 Å². The molecule has 0 amide bonds. The Bertz CT molecular complexity index is 161. The Morgan fingerprint density at radius 3 is 2.60 bits per heavy atom. The van der Waals surface area contributed by atoms with Crippen LogP contribution in [0, 0.1) is 11.8 Å². The second-order valence-electron chi connectivity index (χ2n) is 4.67. The molecule has 2 heteroatoms. The molecule has 1 aliphatic rings. The molecule has 0 heterocycles. The Labute approximate surface area is 99.8 Å². The first-order valence-corrected chi connectivity index (χ1v) is 7.73. The summed E-state index contributed by atoms with van der Waals surface area (Å²) < 4.78 is 0. The number of hydrogen-bond acceptors (Lipinski definition) is 2. The Kier molecular flexibility index (Phi) is 6.74. The summed E-state index contributed by atoms with van der Waals surface area (Å²) in [5, 5.41) is 3.55. The summed E-state index contributed by atoms with van der Waals surface area (Å²) in [5.41, 5.74) is 0. The van der Waals surface area contributed by atoms with Crippen molar-refractivity contribution in [3.05, 3.63) is 0 Å². The summed E-state index contributed by atoms with van der Waals surface area (Å²) in [6.07, 6.45) is 7.21. The largest absolute Gasteiger partial charge is 0.316 e. The molecule has 0 aromatic rings. The Balaban J connectivity index is 2.47. The third-order valence-corrected chi connectivity index (χ3v) is 4.88. The molecule has 1 fully saturated rings. The Morgan fingerprint density at radius 1 is 1.27 bits per heavy atom. The zero-order valence-electron chi connectivity index (χ0n) is 10.6. The lowest BCUT2D eigenvalue weighted by Crippen LogP contribution is -2.41. The van der Waals surface area contributed by atoms with Gasteiger partial charge in [0.1, 0.15) is 0 Å². The minimum absolute atomic E-state index is 0.750. The van der Waals surface area contributed by atoms with Gasteiger partial charge >= 0.3 is 0 Å². The smallest absolute Gasteiger partial charge is 0.0186 e. The third kappa shape index (κ3) is 3.99. The van der Waals surface area contributed by atoms with Crippen molar-refractivity contribution >= 4 is 11.8 Å². The Morgan fingerprint density at radius 2 is 2.00 bits per heavy atom. The normalized spacial score (nSPS) is 29.0. The van der Waals surface area contributed by atoms with Crippen molar-refractivity contribution < 1.29 is 0 Å². The van der Waals surface area contributed by atoms with E-state index in [-0.39, 0.29) is 0 Å². The minimum atomic E-state index is 0.750. The highest BCUT2D eigenvalue weighted by molar-refractivity contribution is 7.99. The molecule has 3 atom stereocenters. The monoisotopic (exact) mass is 229 g/mol.